The summed E-state index contributed by atoms with van der Waals surface area (Å²) < 4.78 is 23.5. The minimum Gasteiger partial charge on any atom is -0.489 e. The zero-order chi connectivity index (χ0) is 25.9. The average Bonchev–Trinajstić information content (AvgIpc) is 2.85. The molecule has 0 radical (unpaired) electrons. The monoisotopic (exact) mass is 492 g/mol. The summed E-state index contributed by atoms with van der Waals surface area (Å²) in [4.78, 5) is 23.0. The van der Waals surface area contributed by atoms with Gasteiger partial charge in [-0.15, -0.1) is 0 Å². The van der Waals surface area contributed by atoms with Crippen molar-refractivity contribution >= 4 is 18.0 Å². The first-order valence-corrected chi connectivity index (χ1v) is 13.1. The molecule has 0 saturated carbocycles. The molecule has 7 nitrogen and oxygen atoms in total. The van der Waals surface area contributed by atoms with E-state index >= 15 is 0 Å². The first kappa shape index (κ1) is 30.3. The van der Waals surface area contributed by atoms with Crippen LogP contribution in [-0.4, -0.2) is 43.5 Å². The number of benzene rings is 1. The van der Waals surface area contributed by atoms with Crippen LogP contribution in [0.25, 0.3) is 6.08 Å². The average molecular weight is 493 g/mol. The Bertz CT molecular complexity index is 773. The number of carbonyl (C=O) groups is 2. The maximum absolute atomic E-state index is 11.9. The zero-order valence-electron chi connectivity index (χ0n) is 22.0. The van der Waals surface area contributed by atoms with E-state index < -0.39 is 5.97 Å². The van der Waals surface area contributed by atoms with E-state index in [0.717, 1.165) is 63.9 Å². The quantitative estimate of drug-likeness (QED) is 0.123. The maximum Gasteiger partial charge on any atom is 0.328 e. The number of aliphatic carboxylic acids is 1. The predicted molar refractivity (Wildman–Crippen MR) is 138 cm³/mol. The molecule has 0 aromatic heterocycles. The zero-order valence-corrected chi connectivity index (χ0v) is 22.0. The van der Waals surface area contributed by atoms with Crippen LogP contribution in [0.5, 0.6) is 17.2 Å². The molecule has 198 valence electrons. The Balaban J connectivity index is 3.06. The highest BCUT2D eigenvalue weighted by atomic mass is 16.6. The Morgan fingerprint density at radius 1 is 0.829 bits per heavy atom. The van der Waals surface area contributed by atoms with Crippen molar-refractivity contribution in [1.29, 1.82) is 0 Å². The van der Waals surface area contributed by atoms with Crippen molar-refractivity contribution in [1.82, 2.24) is 0 Å². The molecule has 0 amide bonds. The van der Waals surface area contributed by atoms with Crippen LogP contribution in [0, 0.1) is 5.92 Å². The summed E-state index contributed by atoms with van der Waals surface area (Å²) in [5.74, 6) is -0.0133. The molecule has 0 heterocycles. The molecule has 1 N–H and O–H groups in total. The third-order valence-corrected chi connectivity index (χ3v) is 5.60. The maximum atomic E-state index is 11.9. The summed E-state index contributed by atoms with van der Waals surface area (Å²) in [6, 6.07) is 3.49. The highest BCUT2D eigenvalue weighted by molar-refractivity contribution is 5.86. The van der Waals surface area contributed by atoms with E-state index in [2.05, 4.69) is 13.8 Å². The van der Waals surface area contributed by atoms with Crippen molar-refractivity contribution in [3.8, 4) is 17.2 Å². The lowest BCUT2D eigenvalue weighted by molar-refractivity contribution is -0.148. The molecule has 1 aromatic carbocycles. The number of rotatable bonds is 20. The van der Waals surface area contributed by atoms with Crippen LogP contribution in [0.3, 0.4) is 0 Å². The van der Waals surface area contributed by atoms with Crippen LogP contribution in [0.2, 0.25) is 0 Å². The molecular weight excluding hydrogens is 448 g/mol. The fraction of sp³-hybridized carbons (Fsp3) is 0.643. The molecule has 0 fully saturated rings. The number of esters is 1. The molecule has 35 heavy (non-hydrogen) atoms. The van der Waals surface area contributed by atoms with Crippen molar-refractivity contribution in [3.05, 3.63) is 23.8 Å². The SMILES string of the molecule is CCCCCCOc1c(/C=C/C(=O)O)ccc(OCCOC(=O)C(C)CC)c1OCCCCCC. The standard InChI is InChI=1S/C28H44O7/c1-5-8-10-12-18-33-26-23(15-17-25(29)30)14-16-24(27(26)34-19-13-11-9-6-2)32-20-21-35-28(31)22(4)7-3/h14-17,22H,5-13,18-21H2,1-4H3,(H,29,30)/b17-15+. The normalized spacial score (nSPS) is 11.9. The van der Waals surface area contributed by atoms with Crippen molar-refractivity contribution in [2.75, 3.05) is 26.4 Å². The molecule has 1 atom stereocenters. The first-order chi connectivity index (χ1) is 16.9. The fourth-order valence-corrected chi connectivity index (χ4v) is 3.26. The Hall–Kier alpha value is -2.70. The molecule has 1 rings (SSSR count). The van der Waals surface area contributed by atoms with Gasteiger partial charge < -0.3 is 24.1 Å². The molecule has 0 aliphatic rings. The van der Waals surface area contributed by atoms with Gasteiger partial charge in [-0.2, -0.15) is 0 Å². The predicted octanol–water partition coefficient (Wildman–Crippen LogP) is 6.67. The van der Waals surface area contributed by atoms with Gasteiger partial charge in [0.15, 0.2) is 11.5 Å². The number of carboxylic acids is 1. The number of hydrogen-bond acceptors (Lipinski definition) is 6. The summed E-state index contributed by atoms with van der Waals surface area (Å²) >= 11 is 0. The van der Waals surface area contributed by atoms with Crippen LogP contribution in [0.4, 0.5) is 0 Å². The van der Waals surface area contributed by atoms with Crippen molar-refractivity contribution in [2.24, 2.45) is 5.92 Å². The van der Waals surface area contributed by atoms with Gasteiger partial charge in [0.05, 0.1) is 19.1 Å². The lowest BCUT2D eigenvalue weighted by Crippen LogP contribution is -2.18. The van der Waals surface area contributed by atoms with Gasteiger partial charge in [0.2, 0.25) is 5.75 Å². The van der Waals surface area contributed by atoms with Crippen LogP contribution in [0.15, 0.2) is 18.2 Å². The Morgan fingerprint density at radius 3 is 2.03 bits per heavy atom. The van der Waals surface area contributed by atoms with Crippen LogP contribution in [0.1, 0.15) is 91.0 Å². The molecule has 1 unspecified atom stereocenters. The molecule has 0 bridgehead atoms. The van der Waals surface area contributed by atoms with Gasteiger partial charge in [0.1, 0.15) is 13.2 Å². The Morgan fingerprint density at radius 2 is 1.46 bits per heavy atom. The van der Waals surface area contributed by atoms with Crippen LogP contribution in [-0.2, 0) is 14.3 Å². The van der Waals surface area contributed by atoms with Gasteiger partial charge in [-0.25, -0.2) is 4.79 Å². The second-order valence-electron chi connectivity index (χ2n) is 8.63. The summed E-state index contributed by atoms with van der Waals surface area (Å²) in [7, 11) is 0. The number of hydrogen-bond donors (Lipinski definition) is 1. The molecule has 0 saturated heterocycles. The summed E-state index contributed by atoms with van der Waals surface area (Å²) in [5, 5.41) is 9.11. The van der Waals surface area contributed by atoms with Gasteiger partial charge in [0.25, 0.3) is 0 Å². The molecular formula is C28H44O7. The van der Waals surface area contributed by atoms with E-state index in [-0.39, 0.29) is 25.1 Å². The van der Waals surface area contributed by atoms with Gasteiger partial charge in [-0.05, 0) is 37.5 Å². The Labute approximate surface area is 210 Å². The van der Waals surface area contributed by atoms with Gasteiger partial charge in [-0.1, -0.05) is 66.2 Å². The minimum atomic E-state index is -1.04. The molecule has 0 aliphatic heterocycles. The van der Waals surface area contributed by atoms with Gasteiger partial charge in [-0.3, -0.25) is 4.79 Å². The number of carbonyl (C=O) groups excluding carboxylic acids is 1. The van der Waals surface area contributed by atoms with E-state index in [1.165, 1.54) is 6.08 Å². The number of unbranched alkanes of at least 4 members (excludes halogenated alkanes) is 6. The lowest BCUT2D eigenvalue weighted by atomic mass is 10.1. The second kappa shape index (κ2) is 18.6. The largest absolute Gasteiger partial charge is 0.489 e. The molecule has 7 heteroatoms. The molecule has 0 aliphatic carbocycles. The van der Waals surface area contributed by atoms with Crippen LogP contribution < -0.4 is 14.2 Å². The van der Waals surface area contributed by atoms with Gasteiger partial charge >= 0.3 is 11.9 Å². The molecule has 1 aromatic rings. The first-order valence-electron chi connectivity index (χ1n) is 13.1. The highest BCUT2D eigenvalue weighted by Gasteiger charge is 2.18. The molecule has 0 spiro atoms. The van der Waals surface area contributed by atoms with Crippen LogP contribution >= 0.6 is 0 Å². The third-order valence-electron chi connectivity index (χ3n) is 5.60. The minimum absolute atomic E-state index is 0.132. The smallest absolute Gasteiger partial charge is 0.328 e. The van der Waals surface area contributed by atoms with Crippen molar-refractivity contribution in [2.45, 2.75) is 85.5 Å². The van der Waals surface area contributed by atoms with Gasteiger partial charge in [0, 0.05) is 11.6 Å². The fourth-order valence-electron chi connectivity index (χ4n) is 3.26. The van der Waals surface area contributed by atoms with E-state index in [4.69, 9.17) is 24.1 Å². The number of ether oxygens (including phenoxy) is 4. The highest BCUT2D eigenvalue weighted by Crippen LogP contribution is 2.41. The summed E-state index contributed by atoms with van der Waals surface area (Å²) in [6.07, 6.45) is 11.7. The van der Waals surface area contributed by atoms with Crippen molar-refractivity contribution in [3.63, 3.8) is 0 Å². The topological polar surface area (TPSA) is 91.3 Å². The van der Waals surface area contributed by atoms with E-state index in [1.54, 1.807) is 12.1 Å². The van der Waals surface area contributed by atoms with E-state index in [0.29, 0.717) is 36.0 Å². The second-order valence-corrected chi connectivity index (χ2v) is 8.63. The van der Waals surface area contributed by atoms with E-state index in [9.17, 15) is 9.59 Å². The summed E-state index contributed by atoms with van der Waals surface area (Å²) in [5.41, 5.74) is 0.613. The van der Waals surface area contributed by atoms with Crippen molar-refractivity contribution < 1.29 is 33.6 Å². The third kappa shape index (κ3) is 12.5. The van der Waals surface area contributed by atoms with E-state index in [1.807, 2.05) is 13.8 Å². The Kier molecular flexibility index (Phi) is 16.1. The lowest BCUT2D eigenvalue weighted by Gasteiger charge is -2.19. The number of carboxylic acid groups (broad SMARTS) is 1. The summed E-state index contributed by atoms with van der Waals surface area (Å²) in [6.45, 7) is 9.39.